The Balaban J connectivity index is 2.29. The van der Waals surface area contributed by atoms with E-state index >= 15 is 0 Å². The summed E-state index contributed by atoms with van der Waals surface area (Å²) in [7, 11) is 1.92. The van der Waals surface area contributed by atoms with E-state index in [-0.39, 0.29) is 6.03 Å². The Labute approximate surface area is 66.7 Å². The molecule has 0 spiro atoms. The van der Waals surface area contributed by atoms with Crippen LogP contribution in [-0.4, -0.2) is 37.6 Å². The number of primary amides is 1. The van der Waals surface area contributed by atoms with Gasteiger partial charge in [0.2, 0.25) is 0 Å². The fraction of sp³-hybridized carbons (Fsp3) is 0.857. The first-order chi connectivity index (χ1) is 5.24. The smallest absolute Gasteiger partial charge is 0.314 e. The lowest BCUT2D eigenvalue weighted by molar-refractivity contribution is 0.216. The topological polar surface area (TPSA) is 58.4 Å². The highest BCUT2D eigenvalue weighted by Crippen LogP contribution is 2.14. The first-order valence-corrected chi connectivity index (χ1v) is 3.93. The zero-order valence-electron chi connectivity index (χ0n) is 6.84. The number of carbonyl (C=O) groups is 1. The van der Waals surface area contributed by atoms with Gasteiger partial charge in [-0.15, -0.1) is 0 Å². The van der Waals surface area contributed by atoms with Crippen molar-refractivity contribution in [3.05, 3.63) is 0 Å². The largest absolute Gasteiger partial charge is 0.351 e. The van der Waals surface area contributed by atoms with Gasteiger partial charge in [-0.25, -0.2) is 4.79 Å². The lowest BCUT2D eigenvalue weighted by Gasteiger charge is -2.12. The van der Waals surface area contributed by atoms with Crippen molar-refractivity contribution >= 4 is 6.03 Å². The molecule has 1 aliphatic rings. The summed E-state index contributed by atoms with van der Waals surface area (Å²) in [6, 6.07) is -0.288. The van der Waals surface area contributed by atoms with Gasteiger partial charge in [-0.05, 0) is 25.9 Å². The highest BCUT2D eigenvalue weighted by Gasteiger charge is 2.23. The summed E-state index contributed by atoms with van der Waals surface area (Å²) in [5.41, 5.74) is 5.12. The number of amides is 2. The molecule has 0 aliphatic carbocycles. The molecule has 1 atom stereocenters. The average Bonchev–Trinajstić information content (AvgIpc) is 2.37. The zero-order chi connectivity index (χ0) is 8.27. The molecule has 3 N–H and O–H groups in total. The molecule has 1 unspecified atom stereocenters. The summed E-state index contributed by atoms with van der Waals surface area (Å²) in [5.74, 6) is 0.590. The number of nitrogens with one attached hydrogen (secondary N) is 1. The molecule has 4 nitrogen and oxygen atoms in total. The number of carbonyl (C=O) groups excluding carboxylic acids is 1. The van der Waals surface area contributed by atoms with E-state index in [9.17, 15) is 4.79 Å². The molecular formula is C7H15N3O. The first kappa shape index (κ1) is 8.33. The van der Waals surface area contributed by atoms with E-state index < -0.39 is 0 Å². The average molecular weight is 157 g/mol. The van der Waals surface area contributed by atoms with Gasteiger partial charge in [0.15, 0.2) is 0 Å². The van der Waals surface area contributed by atoms with E-state index in [1.807, 2.05) is 7.05 Å². The van der Waals surface area contributed by atoms with Crippen LogP contribution in [0.1, 0.15) is 6.42 Å². The normalized spacial score (nSPS) is 24.1. The van der Waals surface area contributed by atoms with E-state index in [1.54, 1.807) is 4.90 Å². The molecule has 64 valence electrons. The minimum Gasteiger partial charge on any atom is -0.351 e. The third-order valence-corrected chi connectivity index (χ3v) is 2.09. The Morgan fingerprint density at radius 2 is 2.55 bits per heavy atom. The van der Waals surface area contributed by atoms with Crippen LogP contribution < -0.4 is 11.1 Å². The summed E-state index contributed by atoms with van der Waals surface area (Å²) in [6.45, 7) is 2.61. The van der Waals surface area contributed by atoms with Crippen LogP contribution in [0.2, 0.25) is 0 Å². The van der Waals surface area contributed by atoms with Crippen molar-refractivity contribution in [3.8, 4) is 0 Å². The van der Waals surface area contributed by atoms with Gasteiger partial charge in [-0.3, -0.25) is 0 Å². The van der Waals surface area contributed by atoms with Crippen LogP contribution in [0, 0.1) is 5.92 Å². The van der Waals surface area contributed by atoms with Crippen molar-refractivity contribution in [2.24, 2.45) is 11.7 Å². The van der Waals surface area contributed by atoms with Crippen LogP contribution in [0.4, 0.5) is 4.79 Å². The van der Waals surface area contributed by atoms with Gasteiger partial charge in [0.05, 0.1) is 0 Å². The summed E-state index contributed by atoms with van der Waals surface area (Å²) in [5, 5.41) is 3.09. The quantitative estimate of drug-likeness (QED) is 0.573. The van der Waals surface area contributed by atoms with Crippen molar-refractivity contribution in [1.29, 1.82) is 0 Å². The van der Waals surface area contributed by atoms with Gasteiger partial charge in [-0.2, -0.15) is 0 Å². The Kier molecular flexibility index (Phi) is 2.70. The zero-order valence-corrected chi connectivity index (χ0v) is 6.84. The van der Waals surface area contributed by atoms with Gasteiger partial charge in [0, 0.05) is 13.1 Å². The predicted molar refractivity (Wildman–Crippen MR) is 43.2 cm³/mol. The van der Waals surface area contributed by atoms with Gasteiger partial charge < -0.3 is 16.0 Å². The molecule has 2 amide bonds. The van der Waals surface area contributed by atoms with Crippen LogP contribution in [0.3, 0.4) is 0 Å². The maximum atomic E-state index is 10.7. The van der Waals surface area contributed by atoms with Gasteiger partial charge >= 0.3 is 6.03 Å². The second kappa shape index (κ2) is 3.57. The molecule has 0 aromatic heterocycles. The Morgan fingerprint density at radius 3 is 3.00 bits per heavy atom. The molecule has 4 heteroatoms. The third kappa shape index (κ3) is 2.08. The van der Waals surface area contributed by atoms with Crippen molar-refractivity contribution in [3.63, 3.8) is 0 Å². The number of hydrogen-bond acceptors (Lipinski definition) is 2. The SMILES string of the molecule is CNCC1CCN(C(N)=O)C1. The van der Waals surface area contributed by atoms with Crippen molar-refractivity contribution in [1.82, 2.24) is 10.2 Å². The minimum absolute atomic E-state index is 0.288. The first-order valence-electron chi connectivity index (χ1n) is 3.93. The predicted octanol–water partition coefficient (Wildman–Crippen LogP) is -0.394. The maximum Gasteiger partial charge on any atom is 0.314 e. The number of likely N-dealkylation sites (tertiary alicyclic amines) is 1. The number of hydrogen-bond donors (Lipinski definition) is 2. The molecule has 0 radical (unpaired) electrons. The molecular weight excluding hydrogens is 142 g/mol. The van der Waals surface area contributed by atoms with Crippen LogP contribution >= 0.6 is 0 Å². The van der Waals surface area contributed by atoms with Crippen LogP contribution in [0.15, 0.2) is 0 Å². The van der Waals surface area contributed by atoms with Crippen LogP contribution in [0.5, 0.6) is 0 Å². The number of nitrogens with two attached hydrogens (primary N) is 1. The van der Waals surface area contributed by atoms with Crippen molar-refractivity contribution in [2.75, 3.05) is 26.7 Å². The molecule has 0 saturated carbocycles. The van der Waals surface area contributed by atoms with E-state index in [0.717, 1.165) is 26.1 Å². The molecule has 1 rings (SSSR count). The summed E-state index contributed by atoms with van der Waals surface area (Å²) in [6.07, 6.45) is 1.07. The second-order valence-corrected chi connectivity index (χ2v) is 3.00. The molecule has 0 aromatic rings. The second-order valence-electron chi connectivity index (χ2n) is 3.00. The van der Waals surface area contributed by atoms with E-state index in [1.165, 1.54) is 0 Å². The fourth-order valence-electron chi connectivity index (χ4n) is 1.49. The van der Waals surface area contributed by atoms with E-state index in [2.05, 4.69) is 5.32 Å². The van der Waals surface area contributed by atoms with Crippen molar-refractivity contribution < 1.29 is 4.79 Å². The third-order valence-electron chi connectivity index (χ3n) is 2.09. The lowest BCUT2D eigenvalue weighted by atomic mass is 10.1. The molecule has 1 heterocycles. The summed E-state index contributed by atoms with van der Waals surface area (Å²) < 4.78 is 0. The summed E-state index contributed by atoms with van der Waals surface area (Å²) in [4.78, 5) is 12.4. The monoisotopic (exact) mass is 157 g/mol. The van der Waals surface area contributed by atoms with Gasteiger partial charge in [0.25, 0.3) is 0 Å². The highest BCUT2D eigenvalue weighted by molar-refractivity contribution is 5.72. The van der Waals surface area contributed by atoms with Crippen LogP contribution in [-0.2, 0) is 0 Å². The summed E-state index contributed by atoms with van der Waals surface area (Å²) >= 11 is 0. The molecule has 1 saturated heterocycles. The molecule has 1 aliphatic heterocycles. The molecule has 0 bridgehead atoms. The standard InChI is InChI=1S/C7H15N3O/c1-9-4-6-2-3-10(5-6)7(8)11/h6,9H,2-5H2,1H3,(H2,8,11). The lowest BCUT2D eigenvalue weighted by Crippen LogP contribution is -2.34. The fourth-order valence-corrected chi connectivity index (χ4v) is 1.49. The van der Waals surface area contributed by atoms with Gasteiger partial charge in [0.1, 0.15) is 0 Å². The molecule has 11 heavy (non-hydrogen) atoms. The van der Waals surface area contributed by atoms with E-state index in [4.69, 9.17) is 5.73 Å². The Hall–Kier alpha value is -0.770. The number of nitrogens with zero attached hydrogens (tertiary/aromatic N) is 1. The highest BCUT2D eigenvalue weighted by atomic mass is 16.2. The Bertz CT molecular complexity index is 149. The molecule has 1 fully saturated rings. The van der Waals surface area contributed by atoms with E-state index in [0.29, 0.717) is 5.92 Å². The molecule has 0 aromatic carbocycles. The minimum atomic E-state index is -0.288. The maximum absolute atomic E-state index is 10.7. The number of rotatable bonds is 2. The number of urea groups is 1. The van der Waals surface area contributed by atoms with Gasteiger partial charge in [-0.1, -0.05) is 0 Å². The van der Waals surface area contributed by atoms with Crippen molar-refractivity contribution in [2.45, 2.75) is 6.42 Å². The Morgan fingerprint density at radius 1 is 1.82 bits per heavy atom. The van der Waals surface area contributed by atoms with Crippen LogP contribution in [0.25, 0.3) is 0 Å².